The molecule has 12 heavy (non-hydrogen) atoms. The van der Waals surface area contributed by atoms with E-state index in [4.69, 9.17) is 5.73 Å². The number of aliphatic imine (C=N–C) groups is 1. The van der Waals surface area contributed by atoms with Crippen LogP contribution in [0.15, 0.2) is 16.8 Å². The summed E-state index contributed by atoms with van der Waals surface area (Å²) in [7, 11) is 0. The van der Waals surface area contributed by atoms with Crippen LogP contribution < -0.4 is 5.73 Å². The Morgan fingerprint density at radius 3 is 2.42 bits per heavy atom. The molecule has 0 bridgehead atoms. The van der Waals surface area contributed by atoms with Gasteiger partial charge in [-0.15, -0.1) is 0 Å². The summed E-state index contributed by atoms with van der Waals surface area (Å²) in [4.78, 5) is 4.33. The molecule has 0 aromatic rings. The summed E-state index contributed by atoms with van der Waals surface area (Å²) >= 11 is 0. The first-order valence-electron chi connectivity index (χ1n) is 4.50. The van der Waals surface area contributed by atoms with Crippen LogP contribution in [0.4, 0.5) is 0 Å². The lowest BCUT2D eigenvalue weighted by Gasteiger charge is -2.09. The lowest BCUT2D eigenvalue weighted by molar-refractivity contribution is 0.587. The van der Waals surface area contributed by atoms with Gasteiger partial charge in [-0.1, -0.05) is 0 Å². The second-order valence-corrected chi connectivity index (χ2v) is 4.39. The monoisotopic (exact) mass is 166 g/mol. The highest BCUT2D eigenvalue weighted by molar-refractivity contribution is 5.72. The minimum atomic E-state index is 0.0142. The van der Waals surface area contributed by atoms with E-state index in [1.165, 1.54) is 12.8 Å². The maximum atomic E-state index is 5.78. The van der Waals surface area contributed by atoms with E-state index >= 15 is 0 Å². The summed E-state index contributed by atoms with van der Waals surface area (Å²) in [5, 5.41) is 0. The molecule has 1 aliphatic rings. The molecule has 0 saturated heterocycles. The van der Waals surface area contributed by atoms with Gasteiger partial charge in [-0.3, -0.25) is 4.99 Å². The van der Waals surface area contributed by atoms with Crippen LogP contribution in [0.5, 0.6) is 0 Å². The number of nitrogens with two attached hydrogens (primary N) is 1. The van der Waals surface area contributed by atoms with Crippen LogP contribution in [0.2, 0.25) is 0 Å². The summed E-state index contributed by atoms with van der Waals surface area (Å²) in [6.07, 6.45) is 6.27. The standard InChI is InChI=1S/C10H18N2/c1-10(2,3)12-7-6-9(11)8-4-5-8/h6-8H,4-5,11H2,1-3H3/b9-6-,12-7?. The normalized spacial score (nSPS) is 20.4. The molecule has 2 nitrogen and oxygen atoms in total. The summed E-state index contributed by atoms with van der Waals surface area (Å²) in [5.41, 5.74) is 6.78. The van der Waals surface area contributed by atoms with Crippen molar-refractivity contribution in [2.75, 3.05) is 0 Å². The van der Waals surface area contributed by atoms with E-state index in [0.717, 1.165) is 5.70 Å². The van der Waals surface area contributed by atoms with Crippen molar-refractivity contribution in [3.63, 3.8) is 0 Å². The number of hydrogen-bond acceptors (Lipinski definition) is 2. The van der Waals surface area contributed by atoms with Gasteiger partial charge in [0.1, 0.15) is 0 Å². The van der Waals surface area contributed by atoms with E-state index in [0.29, 0.717) is 5.92 Å². The van der Waals surface area contributed by atoms with E-state index in [-0.39, 0.29) is 5.54 Å². The lowest BCUT2D eigenvalue weighted by Crippen LogP contribution is -2.09. The van der Waals surface area contributed by atoms with Gasteiger partial charge in [-0.25, -0.2) is 0 Å². The van der Waals surface area contributed by atoms with E-state index < -0.39 is 0 Å². The quantitative estimate of drug-likeness (QED) is 0.627. The molecule has 0 aliphatic heterocycles. The lowest BCUT2D eigenvalue weighted by atomic mass is 10.1. The smallest absolute Gasteiger partial charge is 0.0524 e. The SMILES string of the molecule is CC(C)(C)N=C/C=C(\N)C1CC1. The van der Waals surface area contributed by atoms with Gasteiger partial charge in [0.2, 0.25) is 0 Å². The molecule has 1 saturated carbocycles. The second-order valence-electron chi connectivity index (χ2n) is 4.39. The number of hydrogen-bond donors (Lipinski definition) is 1. The molecule has 0 spiro atoms. The Labute approximate surface area is 74.6 Å². The Hall–Kier alpha value is -0.790. The molecule has 0 aromatic carbocycles. The predicted molar refractivity (Wildman–Crippen MR) is 53.2 cm³/mol. The fourth-order valence-electron chi connectivity index (χ4n) is 0.900. The molecule has 68 valence electrons. The Balaban J connectivity index is 2.41. The molecule has 0 amide bonds. The highest BCUT2D eigenvalue weighted by atomic mass is 14.8. The number of allylic oxidation sites excluding steroid dienone is 2. The fraction of sp³-hybridized carbons (Fsp3) is 0.700. The van der Waals surface area contributed by atoms with Crippen molar-refractivity contribution in [3.05, 3.63) is 11.8 Å². The van der Waals surface area contributed by atoms with Crippen LogP contribution in [-0.2, 0) is 0 Å². The molecular formula is C10H18N2. The maximum absolute atomic E-state index is 5.78. The average molecular weight is 166 g/mol. The van der Waals surface area contributed by atoms with Crippen molar-refractivity contribution in [1.29, 1.82) is 0 Å². The van der Waals surface area contributed by atoms with Crippen LogP contribution >= 0.6 is 0 Å². The molecule has 0 unspecified atom stereocenters. The van der Waals surface area contributed by atoms with Gasteiger partial charge < -0.3 is 5.73 Å². The van der Waals surface area contributed by atoms with Crippen LogP contribution in [0.1, 0.15) is 33.6 Å². The van der Waals surface area contributed by atoms with Gasteiger partial charge in [0.25, 0.3) is 0 Å². The van der Waals surface area contributed by atoms with Crippen LogP contribution in [0, 0.1) is 5.92 Å². The van der Waals surface area contributed by atoms with Gasteiger partial charge in [0.15, 0.2) is 0 Å². The van der Waals surface area contributed by atoms with Gasteiger partial charge in [0.05, 0.1) is 5.54 Å². The van der Waals surface area contributed by atoms with Crippen LogP contribution in [0.3, 0.4) is 0 Å². The predicted octanol–water partition coefficient (Wildman–Crippen LogP) is 2.11. The maximum Gasteiger partial charge on any atom is 0.0524 e. The first kappa shape index (κ1) is 9.30. The van der Waals surface area contributed by atoms with Crippen molar-refractivity contribution in [2.45, 2.75) is 39.2 Å². The van der Waals surface area contributed by atoms with E-state index in [2.05, 4.69) is 25.8 Å². The molecule has 2 N–H and O–H groups in total. The molecule has 0 atom stereocenters. The van der Waals surface area contributed by atoms with Crippen LogP contribution in [0.25, 0.3) is 0 Å². The Kier molecular flexibility index (Phi) is 2.55. The minimum absolute atomic E-state index is 0.0142. The van der Waals surface area contributed by atoms with Crippen molar-refractivity contribution >= 4 is 6.21 Å². The third-order valence-corrected chi connectivity index (χ3v) is 1.78. The van der Waals surface area contributed by atoms with Crippen molar-refractivity contribution < 1.29 is 0 Å². The Morgan fingerprint density at radius 2 is 2.00 bits per heavy atom. The topological polar surface area (TPSA) is 38.4 Å². The summed E-state index contributed by atoms with van der Waals surface area (Å²) in [5.74, 6) is 0.649. The van der Waals surface area contributed by atoms with Gasteiger partial charge in [-0.05, 0) is 45.6 Å². The Morgan fingerprint density at radius 1 is 1.42 bits per heavy atom. The van der Waals surface area contributed by atoms with Gasteiger partial charge in [-0.2, -0.15) is 0 Å². The zero-order valence-electron chi connectivity index (χ0n) is 8.17. The highest BCUT2D eigenvalue weighted by Gasteiger charge is 2.23. The molecule has 0 aromatic heterocycles. The molecule has 1 fully saturated rings. The van der Waals surface area contributed by atoms with E-state index in [9.17, 15) is 0 Å². The summed E-state index contributed by atoms with van der Waals surface area (Å²) in [6.45, 7) is 6.22. The molecule has 0 radical (unpaired) electrons. The van der Waals surface area contributed by atoms with Gasteiger partial charge in [0, 0.05) is 11.9 Å². The zero-order chi connectivity index (χ0) is 9.19. The third kappa shape index (κ3) is 3.56. The molecule has 1 rings (SSSR count). The first-order chi connectivity index (χ1) is 5.49. The highest BCUT2D eigenvalue weighted by Crippen LogP contribution is 2.33. The average Bonchev–Trinajstić information content (AvgIpc) is 2.64. The third-order valence-electron chi connectivity index (χ3n) is 1.78. The second kappa shape index (κ2) is 3.30. The molecular weight excluding hydrogens is 148 g/mol. The summed E-state index contributed by atoms with van der Waals surface area (Å²) < 4.78 is 0. The minimum Gasteiger partial charge on any atom is -0.402 e. The summed E-state index contributed by atoms with van der Waals surface area (Å²) in [6, 6.07) is 0. The van der Waals surface area contributed by atoms with Crippen molar-refractivity contribution in [1.82, 2.24) is 0 Å². The van der Waals surface area contributed by atoms with Crippen molar-refractivity contribution in [3.8, 4) is 0 Å². The van der Waals surface area contributed by atoms with E-state index in [1.54, 1.807) is 0 Å². The van der Waals surface area contributed by atoms with Crippen LogP contribution in [-0.4, -0.2) is 11.8 Å². The Bertz CT molecular complexity index is 204. The molecule has 0 heterocycles. The zero-order valence-corrected chi connectivity index (χ0v) is 8.17. The largest absolute Gasteiger partial charge is 0.402 e. The van der Waals surface area contributed by atoms with E-state index in [1.807, 2.05) is 12.3 Å². The van der Waals surface area contributed by atoms with Gasteiger partial charge >= 0.3 is 0 Å². The number of nitrogens with zero attached hydrogens (tertiary/aromatic N) is 1. The number of rotatable bonds is 2. The van der Waals surface area contributed by atoms with Crippen molar-refractivity contribution in [2.24, 2.45) is 16.6 Å². The first-order valence-corrected chi connectivity index (χ1v) is 4.50. The fourth-order valence-corrected chi connectivity index (χ4v) is 0.900. The molecule has 2 heteroatoms. The molecule has 1 aliphatic carbocycles.